The average Bonchev–Trinajstić information content (AvgIpc) is 2.41. The van der Waals surface area contributed by atoms with Crippen molar-refractivity contribution in [3.8, 4) is 0 Å². The van der Waals surface area contributed by atoms with Crippen LogP contribution >= 0.6 is 0 Å². The summed E-state index contributed by atoms with van der Waals surface area (Å²) in [5, 5.41) is 4.76. The van der Waals surface area contributed by atoms with Gasteiger partial charge in [-0.2, -0.15) is 0 Å². The maximum absolute atomic E-state index is 3.17. The SMILES string of the molecule is CC.c1c2ccccc2c2ccccc2c#1. The molecule has 3 aromatic rings. The molecule has 0 atom stereocenters. The molecule has 0 heteroatoms. The first-order valence-corrected chi connectivity index (χ1v) is 5.65. The summed E-state index contributed by atoms with van der Waals surface area (Å²) in [4.78, 5) is 0. The van der Waals surface area contributed by atoms with Gasteiger partial charge < -0.3 is 0 Å². The summed E-state index contributed by atoms with van der Waals surface area (Å²) in [6.07, 6.45) is 0. The molecule has 0 spiro atoms. The first-order valence-electron chi connectivity index (χ1n) is 5.65. The molecule has 16 heavy (non-hydrogen) atoms. The van der Waals surface area contributed by atoms with E-state index in [0.29, 0.717) is 0 Å². The van der Waals surface area contributed by atoms with Crippen molar-refractivity contribution in [2.45, 2.75) is 13.8 Å². The van der Waals surface area contributed by atoms with Gasteiger partial charge in [-0.25, -0.2) is 0 Å². The van der Waals surface area contributed by atoms with Gasteiger partial charge in [0.2, 0.25) is 0 Å². The van der Waals surface area contributed by atoms with Crippen molar-refractivity contribution in [1.29, 1.82) is 0 Å². The van der Waals surface area contributed by atoms with Crippen LogP contribution in [0.3, 0.4) is 0 Å². The van der Waals surface area contributed by atoms with E-state index in [-0.39, 0.29) is 0 Å². The molecule has 0 aromatic heterocycles. The maximum Gasteiger partial charge on any atom is 0.0327 e. The minimum atomic E-state index is 1.13. The molecule has 78 valence electrons. The Bertz CT molecular complexity index is 539. The summed E-state index contributed by atoms with van der Waals surface area (Å²) in [7, 11) is 0. The zero-order valence-electron chi connectivity index (χ0n) is 9.62. The zero-order chi connectivity index (χ0) is 11.4. The first-order chi connectivity index (χ1) is 7.95. The van der Waals surface area contributed by atoms with Crippen molar-refractivity contribution >= 4 is 21.5 Å². The maximum atomic E-state index is 3.17. The molecule has 0 amide bonds. The van der Waals surface area contributed by atoms with Crippen molar-refractivity contribution in [3.05, 3.63) is 60.7 Å². The van der Waals surface area contributed by atoms with Gasteiger partial charge in [0.1, 0.15) is 0 Å². The second kappa shape index (κ2) is 4.68. The lowest BCUT2D eigenvalue weighted by atomic mass is 10.0. The Kier molecular flexibility index (Phi) is 3.08. The first kappa shape index (κ1) is 10.5. The molecule has 0 heterocycles. The summed E-state index contributed by atoms with van der Waals surface area (Å²) in [5.41, 5.74) is 0. The van der Waals surface area contributed by atoms with Crippen LogP contribution in [-0.4, -0.2) is 0 Å². The topological polar surface area (TPSA) is 0 Å². The molecule has 0 aliphatic rings. The smallest absolute Gasteiger partial charge is 0.0327 e. The monoisotopic (exact) mass is 206 g/mol. The minimum absolute atomic E-state index is 1.13. The molecule has 0 nitrogen and oxygen atoms in total. The van der Waals surface area contributed by atoms with Gasteiger partial charge in [0.25, 0.3) is 0 Å². The lowest BCUT2D eigenvalue weighted by Gasteiger charge is -1.98. The average molecular weight is 206 g/mol. The van der Waals surface area contributed by atoms with E-state index in [9.17, 15) is 0 Å². The summed E-state index contributed by atoms with van der Waals surface area (Å²) < 4.78 is 0. The summed E-state index contributed by atoms with van der Waals surface area (Å²) in [5.74, 6) is 0. The second-order valence-electron chi connectivity index (χ2n) is 3.34. The Morgan fingerprint density at radius 3 is 1.44 bits per heavy atom. The van der Waals surface area contributed by atoms with E-state index >= 15 is 0 Å². The number of benzene rings is 2. The van der Waals surface area contributed by atoms with Crippen molar-refractivity contribution in [3.63, 3.8) is 0 Å². The van der Waals surface area contributed by atoms with E-state index in [0.717, 1.165) is 10.8 Å². The Morgan fingerprint density at radius 1 is 0.625 bits per heavy atom. The summed E-state index contributed by atoms with van der Waals surface area (Å²) in [6, 6.07) is 22.9. The molecule has 3 rings (SSSR count). The molecule has 3 aromatic carbocycles. The van der Waals surface area contributed by atoms with Gasteiger partial charge in [-0.15, -0.1) is 0 Å². The molecule has 0 N–H and O–H groups in total. The lowest BCUT2D eigenvalue weighted by molar-refractivity contribution is 1.50. The van der Waals surface area contributed by atoms with Crippen LogP contribution in [0.25, 0.3) is 21.5 Å². The fourth-order valence-corrected chi connectivity index (χ4v) is 1.79. The van der Waals surface area contributed by atoms with Crippen LogP contribution in [0.5, 0.6) is 0 Å². The fourth-order valence-electron chi connectivity index (χ4n) is 1.79. The van der Waals surface area contributed by atoms with Gasteiger partial charge in [0.05, 0.1) is 0 Å². The minimum Gasteiger partial charge on any atom is -0.0683 e. The van der Waals surface area contributed by atoms with Gasteiger partial charge in [0, 0.05) is 10.8 Å². The quantitative estimate of drug-likeness (QED) is 0.503. The number of hydrogen-bond acceptors (Lipinski definition) is 0. The van der Waals surface area contributed by atoms with Crippen LogP contribution in [0.2, 0.25) is 0 Å². The highest BCUT2D eigenvalue weighted by atomic mass is 14.0. The molecule has 0 radical (unpaired) electrons. The summed E-state index contributed by atoms with van der Waals surface area (Å²) >= 11 is 0. The Balaban J connectivity index is 0.000000457. The van der Waals surface area contributed by atoms with Crippen molar-refractivity contribution < 1.29 is 0 Å². The molecule has 0 aliphatic carbocycles. The fraction of sp³-hybridized carbons (Fsp3) is 0.125. The molecular formula is C16H14. The summed E-state index contributed by atoms with van der Waals surface area (Å²) in [6.45, 7) is 4.00. The molecule has 0 bridgehead atoms. The van der Waals surface area contributed by atoms with Crippen molar-refractivity contribution in [2.24, 2.45) is 0 Å². The number of rotatable bonds is 0. The molecule has 0 saturated carbocycles. The van der Waals surface area contributed by atoms with E-state index in [2.05, 4.69) is 48.5 Å². The van der Waals surface area contributed by atoms with Crippen molar-refractivity contribution in [1.82, 2.24) is 0 Å². The third-order valence-corrected chi connectivity index (χ3v) is 2.48. The highest BCUT2D eigenvalue weighted by molar-refractivity contribution is 6.05. The second-order valence-corrected chi connectivity index (χ2v) is 3.34. The van der Waals surface area contributed by atoms with Crippen LogP contribution < -0.4 is 0 Å². The predicted octanol–water partition coefficient (Wildman–Crippen LogP) is 4.62. The van der Waals surface area contributed by atoms with E-state index in [1.54, 1.807) is 0 Å². The van der Waals surface area contributed by atoms with Crippen LogP contribution in [0.4, 0.5) is 0 Å². The number of hydrogen-bond donors (Lipinski definition) is 0. The zero-order valence-corrected chi connectivity index (χ0v) is 9.62. The van der Waals surface area contributed by atoms with Crippen LogP contribution in [-0.2, 0) is 0 Å². The largest absolute Gasteiger partial charge is 0.0683 e. The van der Waals surface area contributed by atoms with Crippen LogP contribution in [0.15, 0.2) is 48.5 Å². The van der Waals surface area contributed by atoms with Gasteiger partial charge in [-0.3, -0.25) is 0 Å². The third-order valence-electron chi connectivity index (χ3n) is 2.48. The predicted molar refractivity (Wildman–Crippen MR) is 70.5 cm³/mol. The Labute approximate surface area is 96.5 Å². The Hall–Kier alpha value is -2.00. The highest BCUT2D eigenvalue weighted by Crippen LogP contribution is 2.21. The molecule has 0 unspecified atom stereocenters. The van der Waals surface area contributed by atoms with E-state index in [4.69, 9.17) is 0 Å². The third kappa shape index (κ3) is 1.73. The molecule has 0 saturated heterocycles. The van der Waals surface area contributed by atoms with E-state index in [1.807, 2.05) is 26.0 Å². The van der Waals surface area contributed by atoms with Crippen LogP contribution in [0.1, 0.15) is 13.8 Å². The molecule has 0 fully saturated rings. The number of fused-ring (bicyclic) bond motifs is 3. The highest BCUT2D eigenvalue weighted by Gasteiger charge is 1.96. The van der Waals surface area contributed by atoms with Gasteiger partial charge >= 0.3 is 0 Å². The molecule has 0 aliphatic heterocycles. The van der Waals surface area contributed by atoms with Crippen LogP contribution in [0, 0.1) is 12.1 Å². The standard InChI is InChI=1S/C14H8.C2H6/c1-3-7-13-11(5-1)9-10-12-6-2-4-8-14(12)13;1-2/h1-8H;1-2H3. The van der Waals surface area contributed by atoms with E-state index in [1.165, 1.54) is 10.8 Å². The van der Waals surface area contributed by atoms with Crippen molar-refractivity contribution in [2.75, 3.05) is 0 Å². The van der Waals surface area contributed by atoms with Gasteiger partial charge in [0.15, 0.2) is 0 Å². The lowest BCUT2D eigenvalue weighted by Crippen LogP contribution is -1.73. The van der Waals surface area contributed by atoms with Gasteiger partial charge in [-0.1, -0.05) is 62.4 Å². The van der Waals surface area contributed by atoms with Gasteiger partial charge in [-0.05, 0) is 22.9 Å². The van der Waals surface area contributed by atoms with E-state index < -0.39 is 0 Å². The Morgan fingerprint density at radius 2 is 1.00 bits per heavy atom. The molecular weight excluding hydrogens is 192 g/mol. The normalized spacial score (nSPS) is 9.38.